The Labute approximate surface area is 348 Å². The highest BCUT2D eigenvalue weighted by Gasteiger charge is 2.44. The Kier molecular flexibility index (Phi) is 35.8. The summed E-state index contributed by atoms with van der Waals surface area (Å²) in [6.45, 7) is 3.70. The first-order valence-corrected chi connectivity index (χ1v) is 23.3. The van der Waals surface area contributed by atoms with Crippen molar-refractivity contribution in [1.82, 2.24) is 5.32 Å². The van der Waals surface area contributed by atoms with Gasteiger partial charge in [0.25, 0.3) is 0 Å². The van der Waals surface area contributed by atoms with Crippen molar-refractivity contribution >= 4 is 5.91 Å². The van der Waals surface area contributed by atoms with Crippen molar-refractivity contribution in [3.8, 4) is 0 Å². The summed E-state index contributed by atoms with van der Waals surface area (Å²) in [7, 11) is 0. The van der Waals surface area contributed by atoms with Crippen LogP contribution in [0.25, 0.3) is 0 Å². The van der Waals surface area contributed by atoms with Gasteiger partial charge in [0.2, 0.25) is 5.91 Å². The second kappa shape index (κ2) is 38.4. The predicted octanol–water partition coefficient (Wildman–Crippen LogP) is 9.84. The van der Waals surface area contributed by atoms with Gasteiger partial charge >= 0.3 is 0 Å². The maximum atomic E-state index is 13.0. The molecule has 1 rings (SSSR count). The topological polar surface area (TPSA) is 149 Å². The summed E-state index contributed by atoms with van der Waals surface area (Å²) < 4.78 is 11.2. The van der Waals surface area contributed by atoms with E-state index in [0.29, 0.717) is 12.8 Å². The van der Waals surface area contributed by atoms with Crippen LogP contribution in [0, 0.1) is 0 Å². The molecule has 1 amide bonds. The number of ether oxygens (including phenoxy) is 2. The Bertz CT molecular complexity index is 1030. The Balaban J connectivity index is 2.26. The average Bonchev–Trinajstić information content (AvgIpc) is 3.21. The van der Waals surface area contributed by atoms with E-state index in [1.165, 1.54) is 96.3 Å². The van der Waals surface area contributed by atoms with Crippen LogP contribution in [0.15, 0.2) is 48.6 Å². The summed E-state index contributed by atoms with van der Waals surface area (Å²) in [5.74, 6) is -0.152. The van der Waals surface area contributed by atoms with E-state index in [9.17, 15) is 30.3 Å². The first-order valence-electron chi connectivity index (χ1n) is 23.3. The van der Waals surface area contributed by atoms with Gasteiger partial charge in [0.05, 0.1) is 25.4 Å². The lowest BCUT2D eigenvalue weighted by Gasteiger charge is -2.40. The van der Waals surface area contributed by atoms with Crippen LogP contribution in [-0.2, 0) is 14.3 Å². The first kappa shape index (κ1) is 53.2. The Morgan fingerprint density at radius 2 is 1.09 bits per heavy atom. The van der Waals surface area contributed by atoms with Gasteiger partial charge in [-0.3, -0.25) is 4.79 Å². The van der Waals surface area contributed by atoms with Crippen molar-refractivity contribution in [2.75, 3.05) is 13.2 Å². The zero-order valence-electron chi connectivity index (χ0n) is 36.3. The molecule has 0 radical (unpaired) electrons. The molecule has 1 saturated heterocycles. The fraction of sp³-hybridized carbons (Fsp3) is 0.812. The largest absolute Gasteiger partial charge is 0.394 e. The molecule has 7 unspecified atom stereocenters. The molecule has 0 saturated carbocycles. The smallest absolute Gasteiger partial charge is 0.220 e. The molecule has 9 nitrogen and oxygen atoms in total. The van der Waals surface area contributed by atoms with Crippen molar-refractivity contribution in [2.45, 2.75) is 236 Å². The summed E-state index contributed by atoms with van der Waals surface area (Å²) in [6.07, 6.45) is 41.2. The number of rotatable bonds is 38. The van der Waals surface area contributed by atoms with E-state index >= 15 is 0 Å². The van der Waals surface area contributed by atoms with E-state index in [4.69, 9.17) is 9.47 Å². The fourth-order valence-electron chi connectivity index (χ4n) is 7.21. The lowest BCUT2D eigenvalue weighted by molar-refractivity contribution is -0.302. The second-order valence-corrected chi connectivity index (χ2v) is 16.2. The quantitative estimate of drug-likeness (QED) is 0.0267. The highest BCUT2D eigenvalue weighted by Crippen LogP contribution is 2.23. The first-order chi connectivity index (χ1) is 27.8. The van der Waals surface area contributed by atoms with Gasteiger partial charge in [-0.15, -0.1) is 0 Å². The predicted molar refractivity (Wildman–Crippen MR) is 235 cm³/mol. The van der Waals surface area contributed by atoms with E-state index in [2.05, 4.69) is 67.8 Å². The number of allylic oxidation sites excluding steroid dienone is 8. The third kappa shape index (κ3) is 29.1. The number of nitrogens with one attached hydrogen (secondary N) is 1. The Morgan fingerprint density at radius 3 is 1.61 bits per heavy atom. The molecule has 7 atom stereocenters. The minimum absolute atomic E-state index is 0.141. The fourth-order valence-corrected chi connectivity index (χ4v) is 7.21. The molecule has 6 N–H and O–H groups in total. The highest BCUT2D eigenvalue weighted by atomic mass is 16.7. The van der Waals surface area contributed by atoms with E-state index in [1.807, 2.05) is 0 Å². The molecule has 332 valence electrons. The van der Waals surface area contributed by atoms with Crippen molar-refractivity contribution < 1.29 is 39.8 Å². The highest BCUT2D eigenvalue weighted by molar-refractivity contribution is 5.76. The molecular weight excluding hydrogens is 719 g/mol. The van der Waals surface area contributed by atoms with E-state index in [-0.39, 0.29) is 12.5 Å². The van der Waals surface area contributed by atoms with Crippen molar-refractivity contribution in [1.29, 1.82) is 0 Å². The molecule has 0 aromatic rings. The molecule has 0 spiro atoms. The normalized spacial score (nSPS) is 21.4. The summed E-state index contributed by atoms with van der Waals surface area (Å²) in [4.78, 5) is 13.0. The Morgan fingerprint density at radius 1 is 0.614 bits per heavy atom. The molecule has 0 aromatic carbocycles. The Hall–Kier alpha value is -1.85. The van der Waals surface area contributed by atoms with Gasteiger partial charge in [-0.1, -0.05) is 184 Å². The molecule has 1 aliphatic rings. The van der Waals surface area contributed by atoms with Gasteiger partial charge in [-0.05, 0) is 51.4 Å². The molecule has 0 bridgehead atoms. The van der Waals surface area contributed by atoms with Crippen LogP contribution in [0.2, 0.25) is 0 Å². The minimum Gasteiger partial charge on any atom is -0.394 e. The van der Waals surface area contributed by atoms with Crippen molar-refractivity contribution in [3.63, 3.8) is 0 Å². The molecule has 0 aromatic heterocycles. The van der Waals surface area contributed by atoms with Gasteiger partial charge < -0.3 is 40.3 Å². The maximum Gasteiger partial charge on any atom is 0.220 e. The standard InChI is InChI=1S/C48H87NO8/c1-3-5-7-9-11-13-15-16-17-18-19-20-21-22-23-24-25-26-28-30-32-34-36-38-44(52)49-41(40-56-48-47(55)46(54)45(53)43(39-50)57-48)42(51)37-35-33-31-29-27-14-12-10-8-6-4-2/h5,7,11,13,16-17,19-20,41-43,45-48,50-51,53-55H,3-4,6,8-10,12,14-15,18,21-40H2,1-2H3,(H,49,52)/b7-5-,13-11-,17-16-,20-19-. The number of hydrogen-bond donors (Lipinski definition) is 6. The summed E-state index contributed by atoms with van der Waals surface area (Å²) in [5, 5.41) is 54.3. The molecular formula is C48H87NO8. The number of carbonyl (C=O) groups excluding carboxylic acids is 1. The third-order valence-corrected chi connectivity index (χ3v) is 10.9. The molecule has 1 heterocycles. The third-order valence-electron chi connectivity index (χ3n) is 10.9. The van der Waals surface area contributed by atoms with Gasteiger partial charge in [0.1, 0.15) is 24.4 Å². The van der Waals surface area contributed by atoms with Crippen LogP contribution in [-0.4, -0.2) is 87.5 Å². The number of aliphatic hydroxyl groups excluding tert-OH is 5. The average molecular weight is 806 g/mol. The summed E-state index contributed by atoms with van der Waals surface area (Å²) >= 11 is 0. The molecule has 57 heavy (non-hydrogen) atoms. The summed E-state index contributed by atoms with van der Waals surface area (Å²) in [6, 6.07) is -0.720. The second-order valence-electron chi connectivity index (χ2n) is 16.2. The van der Waals surface area contributed by atoms with E-state index < -0.39 is 49.5 Å². The van der Waals surface area contributed by atoms with E-state index in [1.54, 1.807) is 0 Å². The van der Waals surface area contributed by atoms with Crippen LogP contribution in [0.3, 0.4) is 0 Å². The lowest BCUT2D eigenvalue weighted by atomic mass is 9.99. The summed E-state index contributed by atoms with van der Waals surface area (Å²) in [5.41, 5.74) is 0. The van der Waals surface area contributed by atoms with Gasteiger partial charge in [-0.25, -0.2) is 0 Å². The maximum absolute atomic E-state index is 13.0. The monoisotopic (exact) mass is 806 g/mol. The van der Waals surface area contributed by atoms with E-state index in [0.717, 1.165) is 70.6 Å². The zero-order chi connectivity index (χ0) is 41.6. The van der Waals surface area contributed by atoms with Crippen molar-refractivity contribution in [2.24, 2.45) is 0 Å². The molecule has 1 aliphatic heterocycles. The van der Waals surface area contributed by atoms with Gasteiger partial charge in [0.15, 0.2) is 6.29 Å². The number of unbranched alkanes of at least 4 members (excludes halogenated alkanes) is 20. The van der Waals surface area contributed by atoms with Crippen LogP contribution in [0.4, 0.5) is 0 Å². The van der Waals surface area contributed by atoms with Gasteiger partial charge in [0, 0.05) is 6.42 Å². The van der Waals surface area contributed by atoms with Crippen molar-refractivity contribution in [3.05, 3.63) is 48.6 Å². The van der Waals surface area contributed by atoms with Crippen LogP contribution in [0.1, 0.15) is 194 Å². The molecule has 9 heteroatoms. The van der Waals surface area contributed by atoms with Crippen LogP contribution in [0.5, 0.6) is 0 Å². The van der Waals surface area contributed by atoms with Crippen LogP contribution >= 0.6 is 0 Å². The molecule has 1 fully saturated rings. The number of amides is 1. The molecule has 0 aliphatic carbocycles. The number of carbonyl (C=O) groups is 1. The SMILES string of the molecule is CC/C=C\C/C=C\C/C=C\C/C=C\CCCCCCCCCCCCC(=O)NC(COC1OC(CO)C(O)C(O)C1O)C(O)CCCCCCCCCCCCC. The lowest BCUT2D eigenvalue weighted by Crippen LogP contribution is -2.60. The zero-order valence-corrected chi connectivity index (χ0v) is 36.3. The number of hydrogen-bond acceptors (Lipinski definition) is 8. The number of aliphatic hydroxyl groups is 5. The minimum atomic E-state index is -1.55. The van der Waals surface area contributed by atoms with Gasteiger partial charge in [-0.2, -0.15) is 0 Å². The van der Waals surface area contributed by atoms with Crippen LogP contribution < -0.4 is 5.32 Å².